The van der Waals surface area contributed by atoms with Crippen LogP contribution in [0.1, 0.15) is 42.6 Å². The van der Waals surface area contributed by atoms with E-state index in [0.29, 0.717) is 12.2 Å². The number of nitrogens with one attached hydrogen (secondary N) is 1. The lowest BCUT2D eigenvalue weighted by atomic mass is 9.85. The normalized spacial score (nSPS) is 24.1. The number of carbonyl (C=O) groups is 2. The van der Waals surface area contributed by atoms with Crippen molar-refractivity contribution in [3.05, 3.63) is 29.3 Å². The van der Waals surface area contributed by atoms with E-state index in [1.165, 1.54) is 0 Å². The predicted octanol–water partition coefficient (Wildman–Crippen LogP) is 2.28. The summed E-state index contributed by atoms with van der Waals surface area (Å²) in [4.78, 5) is 24.2. The van der Waals surface area contributed by atoms with Crippen LogP contribution >= 0.6 is 0 Å². The molecule has 2 aliphatic heterocycles. The molecule has 1 aromatic rings. The van der Waals surface area contributed by atoms with Crippen molar-refractivity contribution in [2.24, 2.45) is 0 Å². The van der Waals surface area contributed by atoms with E-state index in [0.717, 1.165) is 24.1 Å². The van der Waals surface area contributed by atoms with Gasteiger partial charge in [-0.05, 0) is 50.5 Å². The van der Waals surface area contributed by atoms with Gasteiger partial charge in [0.2, 0.25) is 5.91 Å². The van der Waals surface area contributed by atoms with E-state index in [9.17, 15) is 9.59 Å². The molecule has 2 aliphatic rings. The average Bonchev–Trinajstić information content (AvgIpc) is 2.98. The molecule has 1 atom stereocenters. The highest BCUT2D eigenvalue weighted by Crippen LogP contribution is 2.38. The number of amides is 1. The number of anilines is 1. The van der Waals surface area contributed by atoms with Crippen molar-refractivity contribution in [3.8, 4) is 0 Å². The van der Waals surface area contributed by atoms with E-state index < -0.39 is 5.41 Å². The number of ether oxygens (including phenoxy) is 1. The quantitative estimate of drug-likeness (QED) is 0.829. The Hall–Kier alpha value is -1.68. The first kappa shape index (κ1) is 12.4. The number of carbonyl (C=O) groups excluding carboxylic acids is 2. The summed E-state index contributed by atoms with van der Waals surface area (Å²) in [5, 5.41) is 2.84. The lowest BCUT2D eigenvalue weighted by Gasteiger charge is -2.16. The topological polar surface area (TPSA) is 55.4 Å². The molecule has 3 rings (SSSR count). The second kappa shape index (κ2) is 4.17. The van der Waals surface area contributed by atoms with Crippen LogP contribution in [-0.4, -0.2) is 24.4 Å². The first-order chi connectivity index (χ1) is 9.00. The molecule has 0 saturated carbocycles. The lowest BCUT2D eigenvalue weighted by Crippen LogP contribution is -2.27. The van der Waals surface area contributed by atoms with Crippen LogP contribution in [0.3, 0.4) is 0 Å². The van der Waals surface area contributed by atoms with Gasteiger partial charge in [-0.1, -0.05) is 0 Å². The molecule has 0 aromatic heterocycles. The van der Waals surface area contributed by atoms with Gasteiger partial charge in [0.05, 0.1) is 5.41 Å². The summed E-state index contributed by atoms with van der Waals surface area (Å²) in [6, 6.07) is 5.41. The van der Waals surface area contributed by atoms with E-state index in [1.807, 2.05) is 26.0 Å². The number of rotatable bonds is 2. The van der Waals surface area contributed by atoms with Gasteiger partial charge >= 0.3 is 0 Å². The molecule has 1 aromatic carbocycles. The summed E-state index contributed by atoms with van der Waals surface area (Å²) in [6.45, 7) is 4.40. The van der Waals surface area contributed by atoms with Gasteiger partial charge in [0.1, 0.15) is 6.10 Å². The molecule has 19 heavy (non-hydrogen) atoms. The molecular formula is C15H17NO3. The molecule has 1 fully saturated rings. The molecule has 1 unspecified atom stereocenters. The summed E-state index contributed by atoms with van der Waals surface area (Å²) in [5.74, 6) is -0.000311. The number of ketones is 1. The van der Waals surface area contributed by atoms with E-state index in [1.54, 1.807) is 6.07 Å². The van der Waals surface area contributed by atoms with Crippen LogP contribution in [0, 0.1) is 0 Å². The minimum Gasteiger partial charge on any atom is -0.370 e. The molecule has 4 heteroatoms. The SMILES string of the molecule is CC1(C)C(=O)Nc2ccc(C(=O)C3CCCO3)cc21. The fourth-order valence-electron chi connectivity index (χ4n) is 2.69. The van der Waals surface area contributed by atoms with Gasteiger partial charge in [0.25, 0.3) is 0 Å². The Labute approximate surface area is 112 Å². The molecule has 2 heterocycles. The Morgan fingerprint density at radius 1 is 1.42 bits per heavy atom. The van der Waals surface area contributed by atoms with Gasteiger partial charge in [-0.15, -0.1) is 0 Å². The fourth-order valence-corrected chi connectivity index (χ4v) is 2.69. The zero-order valence-corrected chi connectivity index (χ0v) is 11.2. The standard InChI is InChI=1S/C15H17NO3/c1-15(2)10-8-9(5-6-11(10)16-14(15)18)13(17)12-4-3-7-19-12/h5-6,8,12H,3-4,7H2,1-2H3,(H,16,18). The van der Waals surface area contributed by atoms with E-state index in [4.69, 9.17) is 4.74 Å². The second-order valence-corrected chi connectivity index (χ2v) is 5.71. The Kier molecular flexibility index (Phi) is 2.71. The largest absolute Gasteiger partial charge is 0.370 e. The molecule has 0 spiro atoms. The summed E-state index contributed by atoms with van der Waals surface area (Å²) >= 11 is 0. The number of Topliss-reactive ketones (excluding diaryl/α,β-unsaturated/α-hetero) is 1. The van der Waals surface area contributed by atoms with E-state index in [-0.39, 0.29) is 17.8 Å². The highest BCUT2D eigenvalue weighted by atomic mass is 16.5. The molecule has 1 N–H and O–H groups in total. The van der Waals surface area contributed by atoms with Gasteiger partial charge in [-0.25, -0.2) is 0 Å². The minimum absolute atomic E-state index is 0.0236. The van der Waals surface area contributed by atoms with Crippen molar-refractivity contribution in [2.45, 2.75) is 38.2 Å². The smallest absolute Gasteiger partial charge is 0.234 e. The molecule has 0 bridgehead atoms. The highest BCUT2D eigenvalue weighted by molar-refractivity contribution is 6.07. The van der Waals surface area contributed by atoms with Crippen molar-refractivity contribution in [1.82, 2.24) is 0 Å². The summed E-state index contributed by atoms with van der Waals surface area (Å²) < 4.78 is 5.43. The van der Waals surface area contributed by atoms with Gasteiger partial charge in [0.15, 0.2) is 5.78 Å². The highest BCUT2D eigenvalue weighted by Gasteiger charge is 2.39. The number of fused-ring (bicyclic) bond motifs is 1. The zero-order valence-electron chi connectivity index (χ0n) is 11.2. The Bertz CT molecular complexity index is 557. The van der Waals surface area contributed by atoms with Crippen LogP contribution in [0.2, 0.25) is 0 Å². The number of benzene rings is 1. The molecule has 100 valence electrons. The van der Waals surface area contributed by atoms with Crippen molar-refractivity contribution in [3.63, 3.8) is 0 Å². The third-order valence-electron chi connectivity index (χ3n) is 4.02. The van der Waals surface area contributed by atoms with Crippen LogP contribution < -0.4 is 5.32 Å². The molecule has 1 amide bonds. The molecule has 4 nitrogen and oxygen atoms in total. The maximum atomic E-state index is 12.3. The van der Waals surface area contributed by atoms with Crippen LogP contribution in [0.25, 0.3) is 0 Å². The van der Waals surface area contributed by atoms with Crippen molar-refractivity contribution in [1.29, 1.82) is 0 Å². The van der Waals surface area contributed by atoms with Crippen LogP contribution in [0.4, 0.5) is 5.69 Å². The van der Waals surface area contributed by atoms with Crippen molar-refractivity contribution < 1.29 is 14.3 Å². The predicted molar refractivity (Wildman–Crippen MR) is 71.4 cm³/mol. The maximum Gasteiger partial charge on any atom is 0.234 e. The fraction of sp³-hybridized carbons (Fsp3) is 0.467. The van der Waals surface area contributed by atoms with Gasteiger partial charge in [-0.3, -0.25) is 9.59 Å². The van der Waals surface area contributed by atoms with E-state index in [2.05, 4.69) is 5.32 Å². The Balaban J connectivity index is 1.96. The Morgan fingerprint density at radius 2 is 2.21 bits per heavy atom. The average molecular weight is 259 g/mol. The number of hydrogen-bond acceptors (Lipinski definition) is 3. The lowest BCUT2D eigenvalue weighted by molar-refractivity contribution is -0.119. The van der Waals surface area contributed by atoms with Crippen molar-refractivity contribution >= 4 is 17.4 Å². The zero-order chi connectivity index (χ0) is 13.6. The first-order valence-corrected chi connectivity index (χ1v) is 6.62. The molecule has 0 aliphatic carbocycles. The third kappa shape index (κ3) is 1.87. The third-order valence-corrected chi connectivity index (χ3v) is 4.02. The summed E-state index contributed by atoms with van der Waals surface area (Å²) in [6.07, 6.45) is 1.41. The number of hydrogen-bond donors (Lipinski definition) is 1. The van der Waals surface area contributed by atoms with Crippen LogP contribution in [-0.2, 0) is 14.9 Å². The van der Waals surface area contributed by atoms with Gasteiger partial charge < -0.3 is 10.1 Å². The minimum atomic E-state index is -0.581. The Morgan fingerprint density at radius 3 is 2.89 bits per heavy atom. The van der Waals surface area contributed by atoms with Crippen molar-refractivity contribution in [2.75, 3.05) is 11.9 Å². The van der Waals surface area contributed by atoms with Crippen LogP contribution in [0.5, 0.6) is 0 Å². The second-order valence-electron chi connectivity index (χ2n) is 5.71. The summed E-state index contributed by atoms with van der Waals surface area (Å²) in [7, 11) is 0. The molecular weight excluding hydrogens is 242 g/mol. The van der Waals surface area contributed by atoms with Gasteiger partial charge in [0, 0.05) is 17.9 Å². The molecule has 0 radical (unpaired) electrons. The van der Waals surface area contributed by atoms with E-state index >= 15 is 0 Å². The summed E-state index contributed by atoms with van der Waals surface area (Å²) in [5.41, 5.74) is 1.75. The van der Waals surface area contributed by atoms with Gasteiger partial charge in [-0.2, -0.15) is 0 Å². The monoisotopic (exact) mass is 259 g/mol. The maximum absolute atomic E-state index is 12.3. The first-order valence-electron chi connectivity index (χ1n) is 6.62. The molecule has 1 saturated heterocycles. The van der Waals surface area contributed by atoms with Crippen LogP contribution in [0.15, 0.2) is 18.2 Å².